The van der Waals surface area contributed by atoms with E-state index in [4.69, 9.17) is 27.9 Å². The van der Waals surface area contributed by atoms with Gasteiger partial charge in [-0.3, -0.25) is 9.58 Å². The lowest BCUT2D eigenvalue weighted by atomic mass is 9.85. The summed E-state index contributed by atoms with van der Waals surface area (Å²) in [5.41, 5.74) is 2.29. The molecule has 3 aromatic rings. The van der Waals surface area contributed by atoms with Gasteiger partial charge in [0.25, 0.3) is 0 Å². The van der Waals surface area contributed by atoms with E-state index in [1.165, 1.54) is 0 Å². The number of halogens is 2. The van der Waals surface area contributed by atoms with Gasteiger partial charge in [-0.2, -0.15) is 5.10 Å². The second kappa shape index (κ2) is 8.43. The SMILES string of the molecule is Cn1ncc(Nc2ncc3cc(Cl)c(C4CCN([C@]5(C)COC[C@@H]5O)CC4)cc3n2)c1Cl. The molecule has 2 aromatic heterocycles. The number of aliphatic hydroxyl groups excluding tert-OH is 1. The van der Waals surface area contributed by atoms with Crippen molar-refractivity contribution < 1.29 is 9.84 Å². The molecule has 4 heterocycles. The molecule has 0 saturated carbocycles. The van der Waals surface area contributed by atoms with E-state index in [9.17, 15) is 5.11 Å². The molecule has 0 bridgehead atoms. The van der Waals surface area contributed by atoms with Crippen molar-refractivity contribution in [3.05, 3.63) is 40.3 Å². The highest BCUT2D eigenvalue weighted by Crippen LogP contribution is 2.38. The number of aromatic nitrogens is 4. The summed E-state index contributed by atoms with van der Waals surface area (Å²) >= 11 is 12.9. The van der Waals surface area contributed by atoms with Crippen molar-refractivity contribution in [3.8, 4) is 0 Å². The van der Waals surface area contributed by atoms with E-state index in [2.05, 4.69) is 38.3 Å². The number of fused-ring (bicyclic) bond motifs is 1. The van der Waals surface area contributed by atoms with Crippen molar-refractivity contribution in [3.63, 3.8) is 0 Å². The molecule has 2 saturated heterocycles. The first-order chi connectivity index (χ1) is 15.3. The highest BCUT2D eigenvalue weighted by molar-refractivity contribution is 6.32. The number of nitrogens with one attached hydrogen (secondary N) is 1. The Kier molecular flexibility index (Phi) is 5.75. The summed E-state index contributed by atoms with van der Waals surface area (Å²) in [6.07, 6.45) is 4.89. The van der Waals surface area contributed by atoms with Crippen molar-refractivity contribution >= 4 is 45.7 Å². The van der Waals surface area contributed by atoms with E-state index in [0.717, 1.165) is 47.4 Å². The third-order valence-electron chi connectivity index (χ3n) is 6.86. The summed E-state index contributed by atoms with van der Waals surface area (Å²) in [5.74, 6) is 0.795. The molecule has 2 fully saturated rings. The summed E-state index contributed by atoms with van der Waals surface area (Å²) in [6.45, 7) is 4.86. The lowest BCUT2D eigenvalue weighted by Gasteiger charge is -2.43. The number of piperidine rings is 1. The molecule has 0 radical (unpaired) electrons. The number of anilines is 2. The van der Waals surface area contributed by atoms with Gasteiger partial charge in [0.1, 0.15) is 5.15 Å². The third kappa shape index (κ3) is 3.84. The quantitative estimate of drug-likeness (QED) is 0.592. The number of ether oxygens (including phenoxy) is 1. The molecule has 32 heavy (non-hydrogen) atoms. The minimum absolute atomic E-state index is 0.306. The fourth-order valence-corrected chi connectivity index (χ4v) is 5.19. The van der Waals surface area contributed by atoms with E-state index in [0.29, 0.717) is 35.9 Å². The molecule has 10 heteroatoms. The molecule has 5 rings (SSSR count). The molecule has 0 unspecified atom stereocenters. The Labute approximate surface area is 196 Å². The maximum Gasteiger partial charge on any atom is 0.227 e. The first kappa shape index (κ1) is 21.9. The summed E-state index contributed by atoms with van der Waals surface area (Å²) in [5, 5.41) is 19.8. The zero-order valence-electron chi connectivity index (χ0n) is 18.1. The second-order valence-corrected chi connectivity index (χ2v) is 9.64. The van der Waals surface area contributed by atoms with E-state index in [1.54, 1.807) is 24.1 Å². The Morgan fingerprint density at radius 3 is 2.66 bits per heavy atom. The Balaban J connectivity index is 1.36. The molecular weight excluding hydrogens is 451 g/mol. The fourth-order valence-electron chi connectivity index (χ4n) is 4.72. The smallest absolute Gasteiger partial charge is 0.227 e. The molecule has 170 valence electrons. The van der Waals surface area contributed by atoms with Crippen LogP contribution in [-0.2, 0) is 11.8 Å². The zero-order chi connectivity index (χ0) is 22.5. The van der Waals surface area contributed by atoms with Crippen LogP contribution in [0.1, 0.15) is 31.2 Å². The number of hydrogen-bond acceptors (Lipinski definition) is 7. The van der Waals surface area contributed by atoms with E-state index in [1.807, 2.05) is 6.07 Å². The molecule has 1 aromatic carbocycles. The van der Waals surface area contributed by atoms with E-state index < -0.39 is 6.10 Å². The van der Waals surface area contributed by atoms with Gasteiger partial charge in [0.05, 0.1) is 42.3 Å². The standard InChI is InChI=1S/C22H26Cl2N6O2/c1-22(12-32-11-19(22)31)30-5-3-13(4-6-30)15-8-17-14(7-16(15)23)9-25-21(27-17)28-18-10-26-29(2)20(18)24/h7-10,13,19,31H,3-6,11-12H2,1-2H3,(H,25,27,28)/t19-,22+/m0/s1. The lowest BCUT2D eigenvalue weighted by molar-refractivity contribution is -0.00211. The lowest BCUT2D eigenvalue weighted by Crippen LogP contribution is -2.56. The molecule has 0 aliphatic carbocycles. The Morgan fingerprint density at radius 2 is 2.00 bits per heavy atom. The number of aryl methyl sites for hydroxylation is 1. The molecule has 2 N–H and O–H groups in total. The molecular formula is C22H26Cl2N6O2. The van der Waals surface area contributed by atoms with Crippen LogP contribution in [0.3, 0.4) is 0 Å². The van der Waals surface area contributed by atoms with Gasteiger partial charge in [-0.05, 0) is 56.5 Å². The second-order valence-electron chi connectivity index (χ2n) is 8.87. The maximum atomic E-state index is 10.4. The van der Waals surface area contributed by atoms with E-state index >= 15 is 0 Å². The largest absolute Gasteiger partial charge is 0.389 e. The number of hydrogen-bond donors (Lipinski definition) is 2. The summed E-state index contributed by atoms with van der Waals surface area (Å²) < 4.78 is 7.10. The summed E-state index contributed by atoms with van der Waals surface area (Å²) in [6, 6.07) is 4.01. The van der Waals surface area contributed by atoms with Crippen LogP contribution in [0.5, 0.6) is 0 Å². The van der Waals surface area contributed by atoms with Gasteiger partial charge >= 0.3 is 0 Å². The van der Waals surface area contributed by atoms with Crippen LogP contribution >= 0.6 is 23.2 Å². The van der Waals surface area contributed by atoms with Gasteiger partial charge < -0.3 is 15.2 Å². The minimum atomic E-state index is -0.445. The van der Waals surface area contributed by atoms with Crippen LogP contribution in [0, 0.1) is 0 Å². The molecule has 2 aliphatic heterocycles. The van der Waals surface area contributed by atoms with Crippen LogP contribution in [0.15, 0.2) is 24.5 Å². The van der Waals surface area contributed by atoms with Gasteiger partial charge in [0, 0.05) is 23.7 Å². The summed E-state index contributed by atoms with van der Waals surface area (Å²) in [4.78, 5) is 11.4. The average Bonchev–Trinajstić information content (AvgIpc) is 3.30. The Bertz CT molecular complexity index is 1150. The third-order valence-corrected chi connectivity index (χ3v) is 7.63. The molecule has 2 atom stereocenters. The summed E-state index contributed by atoms with van der Waals surface area (Å²) in [7, 11) is 1.77. The van der Waals surface area contributed by atoms with Gasteiger partial charge in [-0.1, -0.05) is 23.2 Å². The number of nitrogens with zero attached hydrogens (tertiary/aromatic N) is 5. The van der Waals surface area contributed by atoms with Crippen molar-refractivity contribution in [2.45, 2.75) is 37.3 Å². The normalized spacial score (nSPS) is 25.0. The molecule has 0 spiro atoms. The zero-order valence-corrected chi connectivity index (χ0v) is 19.6. The molecule has 8 nitrogen and oxygen atoms in total. The Hall–Kier alpha value is -1.97. The van der Waals surface area contributed by atoms with Crippen molar-refractivity contribution in [2.75, 3.05) is 31.6 Å². The highest BCUT2D eigenvalue weighted by Gasteiger charge is 2.45. The predicted octanol–water partition coefficient (Wildman–Crippen LogP) is 3.74. The topological polar surface area (TPSA) is 88.3 Å². The fraction of sp³-hybridized carbons (Fsp3) is 0.500. The average molecular weight is 477 g/mol. The molecule has 2 aliphatic rings. The molecule has 0 amide bonds. The van der Waals surface area contributed by atoms with Crippen LogP contribution in [0.4, 0.5) is 11.6 Å². The van der Waals surface area contributed by atoms with Gasteiger partial charge in [0.15, 0.2) is 0 Å². The first-order valence-corrected chi connectivity index (χ1v) is 11.5. The minimum Gasteiger partial charge on any atom is -0.389 e. The van der Waals surface area contributed by atoms with Crippen LogP contribution in [-0.4, -0.2) is 67.7 Å². The Morgan fingerprint density at radius 1 is 1.22 bits per heavy atom. The van der Waals surface area contributed by atoms with Gasteiger partial charge in [-0.15, -0.1) is 0 Å². The maximum absolute atomic E-state index is 10.4. The number of likely N-dealkylation sites (tertiary alicyclic amines) is 1. The first-order valence-electron chi connectivity index (χ1n) is 10.8. The van der Waals surface area contributed by atoms with Crippen molar-refractivity contribution in [1.82, 2.24) is 24.6 Å². The number of benzene rings is 1. The highest BCUT2D eigenvalue weighted by atomic mass is 35.5. The van der Waals surface area contributed by atoms with Crippen molar-refractivity contribution in [2.24, 2.45) is 7.05 Å². The number of aliphatic hydroxyl groups is 1. The van der Waals surface area contributed by atoms with Crippen LogP contribution in [0.25, 0.3) is 10.9 Å². The van der Waals surface area contributed by atoms with Crippen LogP contribution < -0.4 is 5.32 Å². The monoisotopic (exact) mass is 476 g/mol. The van der Waals surface area contributed by atoms with Crippen LogP contribution in [0.2, 0.25) is 10.2 Å². The van der Waals surface area contributed by atoms with Crippen molar-refractivity contribution in [1.29, 1.82) is 0 Å². The number of rotatable bonds is 4. The van der Waals surface area contributed by atoms with Gasteiger partial charge in [0.2, 0.25) is 5.95 Å². The van der Waals surface area contributed by atoms with Gasteiger partial charge in [-0.25, -0.2) is 9.97 Å². The predicted molar refractivity (Wildman–Crippen MR) is 125 cm³/mol. The van der Waals surface area contributed by atoms with E-state index in [-0.39, 0.29) is 5.54 Å².